The van der Waals surface area contributed by atoms with Gasteiger partial charge in [0.25, 0.3) is 0 Å². The molecule has 3 nitrogen and oxygen atoms in total. The summed E-state index contributed by atoms with van der Waals surface area (Å²) in [6, 6.07) is 4.11. The average molecular weight is 306 g/mol. The van der Waals surface area contributed by atoms with Gasteiger partial charge in [-0.15, -0.1) is 0 Å². The van der Waals surface area contributed by atoms with Crippen LogP contribution in [0.15, 0.2) is 29.0 Å². The van der Waals surface area contributed by atoms with Crippen molar-refractivity contribution in [1.82, 2.24) is 9.97 Å². The van der Waals surface area contributed by atoms with Crippen LogP contribution >= 0.6 is 15.9 Å². The minimum atomic E-state index is 0.823. The molecule has 3 rings (SSSR count). The lowest BCUT2D eigenvalue weighted by Crippen LogP contribution is -2.20. The molecule has 0 aromatic carbocycles. The second kappa shape index (κ2) is 4.84. The number of nitrogens with zero attached hydrogens (tertiary/aromatic N) is 3. The first-order chi connectivity index (χ1) is 8.78. The van der Waals surface area contributed by atoms with E-state index in [1.807, 2.05) is 18.5 Å². The maximum Gasteiger partial charge on any atom is 0.112 e. The smallest absolute Gasteiger partial charge is 0.112 e. The van der Waals surface area contributed by atoms with Gasteiger partial charge in [0, 0.05) is 30.0 Å². The van der Waals surface area contributed by atoms with Crippen molar-refractivity contribution in [2.45, 2.75) is 19.8 Å². The Hall–Kier alpha value is -1.16. The fraction of sp³-hybridized carbons (Fsp3) is 0.429. The highest BCUT2D eigenvalue weighted by atomic mass is 79.9. The Morgan fingerprint density at radius 2 is 2.33 bits per heavy atom. The van der Waals surface area contributed by atoms with E-state index in [1.165, 1.54) is 18.5 Å². The topological polar surface area (TPSA) is 29.0 Å². The molecular weight excluding hydrogens is 290 g/mol. The van der Waals surface area contributed by atoms with Crippen molar-refractivity contribution in [3.05, 3.63) is 29.0 Å². The maximum atomic E-state index is 4.53. The van der Waals surface area contributed by atoms with Crippen LogP contribution in [0.25, 0.3) is 11.0 Å². The van der Waals surface area contributed by atoms with Crippen molar-refractivity contribution in [3.8, 4) is 0 Å². The molecule has 2 aromatic heterocycles. The first-order valence-corrected chi connectivity index (χ1v) is 7.22. The molecule has 18 heavy (non-hydrogen) atoms. The van der Waals surface area contributed by atoms with Crippen LogP contribution in [0.4, 0.5) is 5.69 Å². The lowest BCUT2D eigenvalue weighted by atomic mass is 10.1. The SMILES string of the molecule is CCC1CCN(c2ccnc3cc(Br)cnc23)C1. The molecule has 0 bridgehead atoms. The van der Waals surface area contributed by atoms with E-state index in [0.29, 0.717) is 0 Å². The molecule has 1 atom stereocenters. The van der Waals surface area contributed by atoms with Crippen molar-refractivity contribution >= 4 is 32.7 Å². The lowest BCUT2D eigenvalue weighted by Gasteiger charge is -2.19. The Balaban J connectivity index is 2.02. The normalized spacial score (nSPS) is 19.7. The minimum absolute atomic E-state index is 0.823. The van der Waals surface area contributed by atoms with Gasteiger partial charge in [-0.3, -0.25) is 9.97 Å². The number of halogens is 1. The second-order valence-corrected chi connectivity index (χ2v) is 5.78. The number of fused-ring (bicyclic) bond motifs is 1. The third kappa shape index (κ3) is 2.09. The zero-order chi connectivity index (χ0) is 12.5. The van der Waals surface area contributed by atoms with Gasteiger partial charge in [-0.25, -0.2) is 0 Å². The summed E-state index contributed by atoms with van der Waals surface area (Å²) in [6.45, 7) is 4.55. The van der Waals surface area contributed by atoms with Crippen molar-refractivity contribution in [2.24, 2.45) is 5.92 Å². The maximum absolute atomic E-state index is 4.53. The molecule has 3 heterocycles. The van der Waals surface area contributed by atoms with Gasteiger partial charge in [0.2, 0.25) is 0 Å². The Morgan fingerprint density at radius 1 is 1.44 bits per heavy atom. The largest absolute Gasteiger partial charge is 0.369 e. The highest BCUT2D eigenvalue weighted by Gasteiger charge is 2.22. The molecule has 1 aliphatic heterocycles. The third-order valence-corrected chi connectivity index (χ3v) is 4.16. The molecule has 4 heteroatoms. The summed E-state index contributed by atoms with van der Waals surface area (Å²) in [7, 11) is 0. The van der Waals surface area contributed by atoms with Gasteiger partial charge in [-0.05, 0) is 40.4 Å². The van der Waals surface area contributed by atoms with E-state index >= 15 is 0 Å². The zero-order valence-electron chi connectivity index (χ0n) is 10.4. The molecule has 2 aromatic rings. The number of anilines is 1. The summed E-state index contributed by atoms with van der Waals surface area (Å²) in [4.78, 5) is 11.4. The highest BCUT2D eigenvalue weighted by molar-refractivity contribution is 9.10. The highest BCUT2D eigenvalue weighted by Crippen LogP contribution is 2.30. The third-order valence-electron chi connectivity index (χ3n) is 3.73. The van der Waals surface area contributed by atoms with Gasteiger partial charge in [0.05, 0.1) is 11.2 Å². The first kappa shape index (κ1) is 11.9. The Bertz CT molecular complexity index is 570. The molecule has 0 saturated carbocycles. The Labute approximate surface area is 115 Å². The summed E-state index contributed by atoms with van der Waals surface area (Å²) in [6.07, 6.45) is 6.28. The van der Waals surface area contributed by atoms with Crippen LogP contribution in [0.2, 0.25) is 0 Å². The Morgan fingerprint density at radius 3 is 3.11 bits per heavy atom. The molecule has 1 unspecified atom stereocenters. The summed E-state index contributed by atoms with van der Waals surface area (Å²) in [5.41, 5.74) is 3.20. The fourth-order valence-corrected chi connectivity index (χ4v) is 2.95. The van der Waals surface area contributed by atoms with E-state index in [1.54, 1.807) is 0 Å². The first-order valence-electron chi connectivity index (χ1n) is 6.43. The van der Waals surface area contributed by atoms with Gasteiger partial charge in [0.15, 0.2) is 0 Å². The molecule has 1 fully saturated rings. The van der Waals surface area contributed by atoms with Gasteiger partial charge < -0.3 is 4.90 Å². The van der Waals surface area contributed by atoms with Crippen LogP contribution in [-0.4, -0.2) is 23.1 Å². The number of hydrogen-bond donors (Lipinski definition) is 0. The van der Waals surface area contributed by atoms with E-state index in [0.717, 1.165) is 34.5 Å². The summed E-state index contributed by atoms with van der Waals surface area (Å²) in [5, 5.41) is 0. The van der Waals surface area contributed by atoms with Crippen LogP contribution in [0, 0.1) is 5.92 Å². The minimum Gasteiger partial charge on any atom is -0.369 e. The van der Waals surface area contributed by atoms with E-state index in [9.17, 15) is 0 Å². The summed E-state index contributed by atoms with van der Waals surface area (Å²) < 4.78 is 0.979. The standard InChI is InChI=1S/C14H16BrN3/c1-2-10-4-6-18(9-10)13-3-5-16-12-7-11(15)8-17-14(12)13/h3,5,7-8,10H,2,4,6,9H2,1H3. The average Bonchev–Trinajstić information content (AvgIpc) is 2.86. The molecule has 0 aliphatic carbocycles. The quantitative estimate of drug-likeness (QED) is 0.848. The van der Waals surface area contributed by atoms with Crippen molar-refractivity contribution in [2.75, 3.05) is 18.0 Å². The van der Waals surface area contributed by atoms with Crippen LogP contribution in [0.3, 0.4) is 0 Å². The predicted molar refractivity (Wildman–Crippen MR) is 77.8 cm³/mol. The fourth-order valence-electron chi connectivity index (χ4n) is 2.63. The molecule has 0 amide bonds. The van der Waals surface area contributed by atoms with Gasteiger partial charge >= 0.3 is 0 Å². The van der Waals surface area contributed by atoms with E-state index in [-0.39, 0.29) is 0 Å². The molecule has 0 N–H and O–H groups in total. The van der Waals surface area contributed by atoms with E-state index < -0.39 is 0 Å². The van der Waals surface area contributed by atoms with Crippen LogP contribution in [-0.2, 0) is 0 Å². The number of aromatic nitrogens is 2. The monoisotopic (exact) mass is 305 g/mol. The van der Waals surface area contributed by atoms with Gasteiger partial charge in [-0.2, -0.15) is 0 Å². The Kier molecular flexibility index (Phi) is 3.20. The van der Waals surface area contributed by atoms with Gasteiger partial charge in [0.1, 0.15) is 5.52 Å². The van der Waals surface area contributed by atoms with Crippen LogP contribution in [0.1, 0.15) is 19.8 Å². The molecule has 1 saturated heterocycles. The van der Waals surface area contributed by atoms with Crippen molar-refractivity contribution in [3.63, 3.8) is 0 Å². The molecule has 0 radical (unpaired) electrons. The number of rotatable bonds is 2. The van der Waals surface area contributed by atoms with Crippen molar-refractivity contribution < 1.29 is 0 Å². The van der Waals surface area contributed by atoms with Crippen LogP contribution in [0.5, 0.6) is 0 Å². The molecule has 1 aliphatic rings. The van der Waals surface area contributed by atoms with E-state index in [4.69, 9.17) is 0 Å². The molecular formula is C14H16BrN3. The zero-order valence-corrected chi connectivity index (χ0v) is 12.0. The molecule has 94 valence electrons. The predicted octanol–water partition coefficient (Wildman–Crippen LogP) is 3.63. The summed E-state index contributed by atoms with van der Waals surface area (Å²) >= 11 is 3.45. The number of pyridine rings is 2. The van der Waals surface area contributed by atoms with Gasteiger partial charge in [-0.1, -0.05) is 13.3 Å². The van der Waals surface area contributed by atoms with E-state index in [2.05, 4.69) is 43.8 Å². The number of hydrogen-bond acceptors (Lipinski definition) is 3. The second-order valence-electron chi connectivity index (χ2n) is 4.86. The lowest BCUT2D eigenvalue weighted by molar-refractivity contribution is 0.569. The molecule has 0 spiro atoms. The van der Waals surface area contributed by atoms with Crippen molar-refractivity contribution in [1.29, 1.82) is 0 Å². The van der Waals surface area contributed by atoms with Crippen LogP contribution < -0.4 is 4.90 Å². The summed E-state index contributed by atoms with van der Waals surface area (Å²) in [5.74, 6) is 0.823.